The Morgan fingerprint density at radius 1 is 0.964 bits per heavy atom. The first kappa shape index (κ1) is 20.7. The molecular weight excluding hydrogens is 377 g/mol. The molecule has 0 bridgehead atoms. The van der Waals surface area contributed by atoms with Gasteiger partial charge in [-0.15, -0.1) is 0 Å². The number of carbonyl (C=O) groups is 3. The maximum Gasteiger partial charge on any atom is 0.454 e. The third kappa shape index (κ3) is 6.27. The van der Waals surface area contributed by atoms with Crippen LogP contribution in [0.2, 0.25) is 0 Å². The van der Waals surface area contributed by atoms with E-state index < -0.39 is 30.4 Å². The first-order valence-corrected chi connectivity index (χ1v) is 7.92. The molecule has 6 nitrogen and oxygen atoms in total. The van der Waals surface area contributed by atoms with Gasteiger partial charge in [0.1, 0.15) is 0 Å². The monoisotopic (exact) mass is 392 g/mol. The van der Waals surface area contributed by atoms with Crippen molar-refractivity contribution in [3.8, 4) is 0 Å². The highest BCUT2D eigenvalue weighted by Gasteiger charge is 2.36. The minimum Gasteiger partial charge on any atom is -0.452 e. The van der Waals surface area contributed by atoms with Gasteiger partial charge < -0.3 is 15.4 Å². The molecule has 146 valence electrons. The second kappa shape index (κ2) is 9.36. The van der Waals surface area contributed by atoms with Crippen LogP contribution in [0.15, 0.2) is 66.9 Å². The van der Waals surface area contributed by atoms with Gasteiger partial charge in [-0.1, -0.05) is 30.3 Å². The second-order valence-electron chi connectivity index (χ2n) is 5.38. The summed E-state index contributed by atoms with van der Waals surface area (Å²) in [6.45, 7) is -0.551. The maximum absolute atomic E-state index is 12.2. The first-order valence-electron chi connectivity index (χ1n) is 7.92. The number of halogens is 3. The molecule has 28 heavy (non-hydrogen) atoms. The SMILES string of the molecule is O=C(COC(=O)c1ccccc1N/C=C/C(=O)C(F)(F)F)Nc1ccccc1. The zero-order valence-corrected chi connectivity index (χ0v) is 14.3. The Balaban J connectivity index is 1.95. The van der Waals surface area contributed by atoms with E-state index in [-0.39, 0.29) is 11.3 Å². The summed E-state index contributed by atoms with van der Waals surface area (Å²) in [5.41, 5.74) is 0.631. The van der Waals surface area contributed by atoms with Crippen molar-refractivity contribution in [1.82, 2.24) is 0 Å². The van der Waals surface area contributed by atoms with Crippen LogP contribution in [0.5, 0.6) is 0 Å². The molecule has 0 radical (unpaired) electrons. The van der Waals surface area contributed by atoms with Gasteiger partial charge in [-0.25, -0.2) is 4.79 Å². The number of carbonyl (C=O) groups excluding carboxylic acids is 3. The van der Waals surface area contributed by atoms with E-state index in [9.17, 15) is 27.6 Å². The number of ketones is 1. The van der Waals surface area contributed by atoms with Gasteiger partial charge in [0.15, 0.2) is 6.61 Å². The lowest BCUT2D eigenvalue weighted by Crippen LogP contribution is -2.21. The average Bonchev–Trinajstić information content (AvgIpc) is 2.66. The molecule has 0 heterocycles. The van der Waals surface area contributed by atoms with E-state index in [1.165, 1.54) is 24.3 Å². The number of alkyl halides is 3. The molecule has 0 aliphatic heterocycles. The Morgan fingerprint density at radius 2 is 1.61 bits per heavy atom. The largest absolute Gasteiger partial charge is 0.454 e. The van der Waals surface area contributed by atoms with E-state index in [4.69, 9.17) is 4.74 Å². The van der Waals surface area contributed by atoms with Crippen molar-refractivity contribution in [3.05, 3.63) is 72.4 Å². The topological polar surface area (TPSA) is 84.5 Å². The maximum atomic E-state index is 12.2. The molecule has 1 amide bonds. The van der Waals surface area contributed by atoms with E-state index in [1.807, 2.05) is 0 Å². The molecule has 0 spiro atoms. The van der Waals surface area contributed by atoms with Crippen molar-refractivity contribution in [2.24, 2.45) is 0 Å². The third-order valence-electron chi connectivity index (χ3n) is 3.29. The number of allylic oxidation sites excluding steroid dienone is 1. The van der Waals surface area contributed by atoms with Crippen molar-refractivity contribution in [1.29, 1.82) is 0 Å². The van der Waals surface area contributed by atoms with Gasteiger partial charge >= 0.3 is 12.1 Å². The van der Waals surface area contributed by atoms with Crippen LogP contribution in [0.4, 0.5) is 24.5 Å². The summed E-state index contributed by atoms with van der Waals surface area (Å²) in [7, 11) is 0. The van der Waals surface area contributed by atoms with Gasteiger partial charge in [0.2, 0.25) is 0 Å². The van der Waals surface area contributed by atoms with Gasteiger partial charge in [-0.05, 0) is 24.3 Å². The molecular formula is C19H15F3N2O4. The molecule has 2 rings (SSSR count). The van der Waals surface area contributed by atoms with Crippen LogP contribution in [0.3, 0.4) is 0 Å². The molecule has 2 aromatic rings. The summed E-state index contributed by atoms with van der Waals surface area (Å²) < 4.78 is 41.4. The zero-order valence-electron chi connectivity index (χ0n) is 14.3. The average molecular weight is 392 g/mol. The lowest BCUT2D eigenvalue weighted by Gasteiger charge is -2.10. The zero-order chi connectivity index (χ0) is 20.6. The number of esters is 1. The molecule has 0 saturated heterocycles. The highest BCUT2D eigenvalue weighted by molar-refractivity contribution is 5.99. The molecule has 0 aliphatic carbocycles. The van der Waals surface area contributed by atoms with Gasteiger partial charge in [0.25, 0.3) is 11.7 Å². The number of rotatable bonds is 7. The van der Waals surface area contributed by atoms with Crippen LogP contribution >= 0.6 is 0 Å². The summed E-state index contributed by atoms with van der Waals surface area (Å²) in [5.74, 6) is -3.46. The molecule has 2 aromatic carbocycles. The predicted octanol–water partition coefficient (Wildman–Crippen LogP) is 3.54. The fourth-order valence-electron chi connectivity index (χ4n) is 2.02. The molecule has 0 aromatic heterocycles. The number of nitrogens with one attached hydrogen (secondary N) is 2. The van der Waals surface area contributed by atoms with Crippen molar-refractivity contribution >= 4 is 29.0 Å². The normalized spacial score (nSPS) is 11.1. The first-order chi connectivity index (χ1) is 13.3. The Bertz CT molecular complexity index is 880. The van der Waals surface area contributed by atoms with Gasteiger partial charge in [0.05, 0.1) is 11.3 Å². The smallest absolute Gasteiger partial charge is 0.452 e. The fraction of sp³-hybridized carbons (Fsp3) is 0.105. The number of benzene rings is 2. The minimum atomic E-state index is -4.98. The lowest BCUT2D eigenvalue weighted by atomic mass is 10.2. The standard InChI is InChI=1S/C19H15F3N2O4/c20-19(21,22)16(25)10-11-23-15-9-5-4-8-14(15)18(27)28-12-17(26)24-13-6-2-1-3-7-13/h1-11,23H,12H2,(H,24,26)/b11-10+. The molecule has 2 N–H and O–H groups in total. The summed E-state index contributed by atoms with van der Waals surface area (Å²) in [6.07, 6.45) is -3.91. The van der Waals surface area contributed by atoms with E-state index >= 15 is 0 Å². The van der Waals surface area contributed by atoms with E-state index in [2.05, 4.69) is 10.6 Å². The number of ether oxygens (including phenoxy) is 1. The number of amides is 1. The Morgan fingerprint density at radius 3 is 2.29 bits per heavy atom. The predicted molar refractivity (Wildman–Crippen MR) is 95.6 cm³/mol. The van der Waals surface area contributed by atoms with Crippen molar-refractivity contribution < 1.29 is 32.3 Å². The third-order valence-corrected chi connectivity index (χ3v) is 3.29. The van der Waals surface area contributed by atoms with Crippen LogP contribution in [0.25, 0.3) is 0 Å². The summed E-state index contributed by atoms with van der Waals surface area (Å²) in [5, 5.41) is 4.96. The van der Waals surface area contributed by atoms with Crippen LogP contribution in [-0.2, 0) is 14.3 Å². The van der Waals surface area contributed by atoms with Crippen LogP contribution < -0.4 is 10.6 Å². The molecule has 0 aliphatic rings. The van der Waals surface area contributed by atoms with Crippen LogP contribution in [0, 0.1) is 0 Å². The van der Waals surface area contributed by atoms with Crippen LogP contribution in [0.1, 0.15) is 10.4 Å². The van der Waals surface area contributed by atoms with Gasteiger partial charge in [-0.2, -0.15) is 13.2 Å². The highest BCUT2D eigenvalue weighted by Crippen LogP contribution is 2.18. The second-order valence-corrected chi connectivity index (χ2v) is 5.38. The molecule has 9 heteroatoms. The quantitative estimate of drug-likeness (QED) is 0.556. The molecule has 0 unspecified atom stereocenters. The summed E-state index contributed by atoms with van der Waals surface area (Å²) in [6, 6.07) is 14.3. The van der Waals surface area contributed by atoms with Crippen LogP contribution in [-0.4, -0.2) is 30.4 Å². The van der Waals surface area contributed by atoms with Crippen molar-refractivity contribution in [2.75, 3.05) is 17.2 Å². The summed E-state index contributed by atoms with van der Waals surface area (Å²) >= 11 is 0. The van der Waals surface area contributed by atoms with E-state index in [0.717, 1.165) is 6.20 Å². The summed E-state index contributed by atoms with van der Waals surface area (Å²) in [4.78, 5) is 34.8. The van der Waals surface area contributed by atoms with E-state index in [1.54, 1.807) is 30.3 Å². The molecule has 0 atom stereocenters. The van der Waals surface area contributed by atoms with Gasteiger partial charge in [-0.3, -0.25) is 9.59 Å². The van der Waals surface area contributed by atoms with Crippen molar-refractivity contribution in [2.45, 2.75) is 6.18 Å². The minimum absolute atomic E-state index is 0.0147. The Hall–Kier alpha value is -3.62. The lowest BCUT2D eigenvalue weighted by molar-refractivity contribution is -0.165. The highest BCUT2D eigenvalue weighted by atomic mass is 19.4. The molecule has 0 saturated carbocycles. The van der Waals surface area contributed by atoms with E-state index in [0.29, 0.717) is 11.8 Å². The number of para-hydroxylation sites is 2. The van der Waals surface area contributed by atoms with Gasteiger partial charge in [0, 0.05) is 18.0 Å². The Labute approximate surface area is 158 Å². The number of hydrogen-bond acceptors (Lipinski definition) is 5. The molecule has 0 fully saturated rings. The fourth-order valence-corrected chi connectivity index (χ4v) is 2.02. The van der Waals surface area contributed by atoms with Crippen molar-refractivity contribution in [3.63, 3.8) is 0 Å². The Kier molecular flexibility index (Phi) is 6.91. The number of hydrogen-bond donors (Lipinski definition) is 2. The number of anilines is 2.